The third kappa shape index (κ3) is 5.01. The molecule has 31 heavy (non-hydrogen) atoms. The third-order valence-electron chi connectivity index (χ3n) is 6.09. The molecule has 2 aromatic heterocycles. The van der Waals surface area contributed by atoms with Crippen molar-refractivity contribution in [2.45, 2.75) is 63.8 Å². The summed E-state index contributed by atoms with van der Waals surface area (Å²) in [4.78, 5) is 12.4. The van der Waals surface area contributed by atoms with Crippen LogP contribution in [0.1, 0.15) is 33.4 Å². The Balaban J connectivity index is 1.56. The van der Waals surface area contributed by atoms with Gasteiger partial charge in [-0.3, -0.25) is 4.57 Å². The predicted octanol–water partition coefficient (Wildman–Crippen LogP) is 4.93. The molecule has 2 fully saturated rings. The second-order valence-electron chi connectivity index (χ2n) is 9.22. The van der Waals surface area contributed by atoms with E-state index in [1.165, 1.54) is 6.33 Å². The Morgan fingerprint density at radius 3 is 2.68 bits per heavy atom. The summed E-state index contributed by atoms with van der Waals surface area (Å²) in [5.74, 6) is 1.93. The van der Waals surface area contributed by atoms with Crippen LogP contribution in [0.4, 0.5) is 0 Å². The minimum Gasteiger partial charge on any atom is -0.492 e. The van der Waals surface area contributed by atoms with Gasteiger partial charge in [0.05, 0.1) is 19.0 Å². The van der Waals surface area contributed by atoms with E-state index in [0.717, 1.165) is 11.5 Å². The fourth-order valence-corrected chi connectivity index (χ4v) is 13.7. The van der Waals surface area contributed by atoms with Gasteiger partial charge in [0.25, 0.3) is 0 Å². The Bertz CT molecular complexity index is 992. The number of aromatic hydroxyl groups is 1. The van der Waals surface area contributed by atoms with Crippen molar-refractivity contribution in [3.05, 3.63) is 12.7 Å². The summed E-state index contributed by atoms with van der Waals surface area (Å²) in [6.07, 6.45) is 2.88. The maximum absolute atomic E-state index is 9.98. The van der Waals surface area contributed by atoms with E-state index in [2.05, 4.69) is 48.8 Å². The predicted molar refractivity (Wildman–Crippen MR) is 133 cm³/mol. The summed E-state index contributed by atoms with van der Waals surface area (Å²) in [7, 11) is -1.94. The molecule has 0 radical (unpaired) electrons. The molecule has 0 unspecified atom stereocenters. The van der Waals surface area contributed by atoms with Crippen LogP contribution in [0, 0.1) is 0 Å². The normalized spacial score (nSPS) is 26.7. The van der Waals surface area contributed by atoms with E-state index in [4.69, 9.17) is 25.5 Å². The van der Waals surface area contributed by atoms with Gasteiger partial charge in [0.1, 0.15) is 18.7 Å². The van der Waals surface area contributed by atoms with Crippen LogP contribution >= 0.6 is 27.4 Å². The van der Waals surface area contributed by atoms with Gasteiger partial charge in [0.2, 0.25) is 5.88 Å². The smallest absolute Gasteiger partial charge is 0.242 e. The molecule has 0 amide bonds. The number of aromatic nitrogens is 4. The molecule has 2 saturated heterocycles. The van der Waals surface area contributed by atoms with Gasteiger partial charge >= 0.3 is 0 Å². The minimum atomic E-state index is -1.96. The third-order valence-corrected chi connectivity index (χ3v) is 20.3. The van der Waals surface area contributed by atoms with Gasteiger partial charge in [-0.1, -0.05) is 43.5 Å². The van der Waals surface area contributed by atoms with Crippen LogP contribution in [-0.2, 0) is 25.5 Å². The topological polar surface area (TPSA) is 91.5 Å². The number of ether oxygens (including phenoxy) is 1. The number of imidazole rings is 1. The summed E-state index contributed by atoms with van der Waals surface area (Å²) < 4.78 is 19.3. The molecule has 172 valence electrons. The van der Waals surface area contributed by atoms with Crippen molar-refractivity contribution in [1.82, 2.24) is 19.5 Å². The first-order chi connectivity index (χ1) is 14.5. The molecule has 4 heterocycles. The summed E-state index contributed by atoms with van der Waals surface area (Å²) in [6.45, 7) is 11.6. The standard InChI is InChI=1S/C18H29N4O4PS3Si/c1-18(2,3)31(4,5)24-9-13-12(26-27(28)29-6-7-30-27)8-14(25-13)22-11-21-15-16(22)19-10-20-17(15)23/h10-14H,6-9H2,1-5H3,(H,19,20,23)/t12-,13+,14+/m0/s1. The first-order valence-electron chi connectivity index (χ1n) is 10.2. The first-order valence-corrected chi connectivity index (χ1v) is 19.0. The second kappa shape index (κ2) is 8.86. The highest BCUT2D eigenvalue weighted by atomic mass is 33.2. The van der Waals surface area contributed by atoms with E-state index in [1.807, 2.05) is 4.57 Å². The summed E-state index contributed by atoms with van der Waals surface area (Å²) in [5.41, 5.74) is 0.897. The van der Waals surface area contributed by atoms with Crippen molar-refractivity contribution in [2.24, 2.45) is 0 Å². The van der Waals surface area contributed by atoms with E-state index in [9.17, 15) is 5.11 Å². The molecule has 13 heteroatoms. The van der Waals surface area contributed by atoms with Crippen LogP contribution in [0.3, 0.4) is 0 Å². The maximum Gasteiger partial charge on any atom is 0.242 e. The van der Waals surface area contributed by atoms with E-state index >= 15 is 0 Å². The molecular weight excluding hydrogens is 491 g/mol. The fourth-order valence-electron chi connectivity index (χ4n) is 3.25. The summed E-state index contributed by atoms with van der Waals surface area (Å²) in [5, 5.41) is 10.1. The van der Waals surface area contributed by atoms with Crippen molar-refractivity contribution < 1.29 is 18.8 Å². The molecule has 8 nitrogen and oxygen atoms in total. The Hall–Kier alpha value is -0.203. The highest BCUT2D eigenvalue weighted by molar-refractivity contribution is 9.00. The van der Waals surface area contributed by atoms with Gasteiger partial charge in [-0.05, 0) is 29.9 Å². The Labute approximate surface area is 197 Å². The largest absolute Gasteiger partial charge is 0.492 e. The molecule has 0 saturated carbocycles. The van der Waals surface area contributed by atoms with E-state index in [-0.39, 0.29) is 29.4 Å². The van der Waals surface area contributed by atoms with Gasteiger partial charge in [0.15, 0.2) is 24.1 Å². The average molecular weight is 521 g/mol. The average Bonchev–Trinajstić information content (AvgIpc) is 3.38. The first kappa shape index (κ1) is 23.9. The van der Waals surface area contributed by atoms with Gasteiger partial charge < -0.3 is 18.8 Å². The summed E-state index contributed by atoms with van der Waals surface area (Å²) >= 11 is 9.40. The number of hydrogen-bond acceptors (Lipinski definition) is 10. The van der Waals surface area contributed by atoms with Gasteiger partial charge in [0, 0.05) is 17.9 Å². The van der Waals surface area contributed by atoms with Crippen molar-refractivity contribution in [3.63, 3.8) is 0 Å². The van der Waals surface area contributed by atoms with Crippen LogP contribution < -0.4 is 0 Å². The quantitative estimate of drug-likeness (QED) is 0.417. The molecule has 1 N–H and O–H groups in total. The lowest BCUT2D eigenvalue weighted by atomic mass is 10.2. The fraction of sp³-hybridized carbons (Fsp3) is 0.722. The molecule has 0 aromatic carbocycles. The van der Waals surface area contributed by atoms with Crippen LogP contribution in [0.25, 0.3) is 11.2 Å². The maximum atomic E-state index is 9.98. The number of hydrogen-bond donors (Lipinski definition) is 1. The second-order valence-corrected chi connectivity index (χ2v) is 24.7. The SMILES string of the molecule is CC(C)(C)[Si](C)(C)OC[C@H]1O[C@@H](n2cnc3c(O)ncnc32)C[C@@H]1OP1(=S)SCCS1. The number of fused-ring (bicyclic) bond motifs is 1. The summed E-state index contributed by atoms with van der Waals surface area (Å²) in [6, 6.07) is 0. The molecule has 2 aliphatic rings. The Morgan fingerprint density at radius 2 is 2.00 bits per heavy atom. The number of rotatable bonds is 6. The van der Waals surface area contributed by atoms with E-state index in [1.54, 1.807) is 29.1 Å². The highest BCUT2D eigenvalue weighted by Crippen LogP contribution is 2.75. The number of nitrogens with zero attached hydrogens (tertiary/aromatic N) is 4. The van der Waals surface area contributed by atoms with Crippen molar-refractivity contribution in [2.75, 3.05) is 18.1 Å². The van der Waals surface area contributed by atoms with Crippen LogP contribution in [0.2, 0.25) is 18.1 Å². The van der Waals surface area contributed by atoms with Crippen molar-refractivity contribution >= 4 is 58.7 Å². The molecule has 4 rings (SSSR count). The van der Waals surface area contributed by atoms with Crippen LogP contribution in [0.5, 0.6) is 5.88 Å². The molecular formula is C18H29N4O4PS3Si. The highest BCUT2D eigenvalue weighted by Gasteiger charge is 2.44. The van der Waals surface area contributed by atoms with E-state index < -0.39 is 13.0 Å². The zero-order chi connectivity index (χ0) is 22.4. The van der Waals surface area contributed by atoms with E-state index in [0.29, 0.717) is 24.2 Å². The Kier molecular flexibility index (Phi) is 6.85. The van der Waals surface area contributed by atoms with Gasteiger partial charge in [-0.2, -0.15) is 4.98 Å². The molecule has 3 atom stereocenters. The molecule has 2 aliphatic heterocycles. The Morgan fingerprint density at radius 1 is 1.29 bits per heavy atom. The lowest BCUT2D eigenvalue weighted by Crippen LogP contribution is -2.44. The molecule has 2 aromatic rings. The van der Waals surface area contributed by atoms with Crippen LogP contribution in [-0.4, -0.2) is 63.3 Å². The molecule has 0 aliphatic carbocycles. The van der Waals surface area contributed by atoms with Crippen molar-refractivity contribution in [1.29, 1.82) is 0 Å². The van der Waals surface area contributed by atoms with Crippen molar-refractivity contribution in [3.8, 4) is 5.88 Å². The lowest BCUT2D eigenvalue weighted by Gasteiger charge is -2.37. The van der Waals surface area contributed by atoms with Crippen LogP contribution in [0.15, 0.2) is 12.7 Å². The monoisotopic (exact) mass is 520 g/mol. The van der Waals surface area contributed by atoms with Gasteiger partial charge in [-0.25, -0.2) is 9.97 Å². The lowest BCUT2D eigenvalue weighted by molar-refractivity contribution is -0.0348. The zero-order valence-electron chi connectivity index (χ0n) is 18.3. The molecule has 0 bridgehead atoms. The zero-order valence-corrected chi connectivity index (χ0v) is 22.7. The van der Waals surface area contributed by atoms with Gasteiger partial charge in [-0.15, -0.1) is 0 Å². The minimum absolute atomic E-state index is 0.111. The molecule has 0 spiro atoms.